The quantitative estimate of drug-likeness (QED) is 0.360. The molecule has 0 radical (unpaired) electrons. The van der Waals surface area contributed by atoms with Gasteiger partial charge < -0.3 is 24.3 Å². The molecule has 0 aromatic carbocycles. The first-order valence-electron chi connectivity index (χ1n) is 8.83. The molecule has 0 bridgehead atoms. The molecule has 0 spiro atoms. The van der Waals surface area contributed by atoms with Gasteiger partial charge in [0.05, 0.1) is 46.2 Å². The van der Waals surface area contributed by atoms with Gasteiger partial charge in [0, 0.05) is 19.6 Å². The third kappa shape index (κ3) is 10.8. The van der Waals surface area contributed by atoms with Crippen LogP contribution >= 0.6 is 0 Å². The predicted molar refractivity (Wildman–Crippen MR) is 96.3 cm³/mol. The molecule has 0 aliphatic carbocycles. The molecule has 1 heterocycles. The largest absolute Gasteiger partial charge is 0.379 e. The molecule has 1 aromatic rings. The van der Waals surface area contributed by atoms with Crippen molar-refractivity contribution in [2.75, 3.05) is 64.7 Å². The fourth-order valence-electron chi connectivity index (χ4n) is 1.92. The van der Waals surface area contributed by atoms with Crippen molar-refractivity contribution >= 4 is 11.6 Å². The Labute approximate surface area is 150 Å². The van der Waals surface area contributed by atoms with Crippen molar-refractivity contribution in [3.63, 3.8) is 0 Å². The SMILES string of the molecule is CCOCCOCCOCCOCCNc1cccc(C(=O)CC)n1. The van der Waals surface area contributed by atoms with Crippen LogP contribution in [0.15, 0.2) is 18.2 Å². The topological polar surface area (TPSA) is 78.9 Å². The Bertz CT molecular complexity index is 471. The summed E-state index contributed by atoms with van der Waals surface area (Å²) in [4.78, 5) is 15.9. The Morgan fingerprint density at radius 1 is 0.920 bits per heavy atom. The van der Waals surface area contributed by atoms with Gasteiger partial charge in [0.1, 0.15) is 11.5 Å². The van der Waals surface area contributed by atoms with E-state index >= 15 is 0 Å². The maximum absolute atomic E-state index is 11.6. The number of ether oxygens (including phenoxy) is 4. The molecule has 1 rings (SSSR count). The van der Waals surface area contributed by atoms with Crippen molar-refractivity contribution in [3.05, 3.63) is 23.9 Å². The molecule has 1 aromatic heterocycles. The molecular formula is C18H30N2O5. The zero-order valence-electron chi connectivity index (χ0n) is 15.3. The van der Waals surface area contributed by atoms with E-state index in [1.807, 2.05) is 26.0 Å². The molecule has 0 aliphatic heterocycles. The zero-order chi connectivity index (χ0) is 18.2. The highest BCUT2D eigenvalue weighted by Gasteiger charge is 2.04. The van der Waals surface area contributed by atoms with Crippen LogP contribution in [0, 0.1) is 0 Å². The molecular weight excluding hydrogens is 324 g/mol. The maximum atomic E-state index is 11.6. The Morgan fingerprint density at radius 2 is 1.52 bits per heavy atom. The van der Waals surface area contributed by atoms with Crippen LogP contribution in [0.4, 0.5) is 5.82 Å². The average molecular weight is 354 g/mol. The van der Waals surface area contributed by atoms with E-state index in [1.165, 1.54) is 0 Å². The van der Waals surface area contributed by atoms with Crippen molar-refractivity contribution in [1.29, 1.82) is 0 Å². The number of anilines is 1. The van der Waals surface area contributed by atoms with Gasteiger partial charge in [-0.15, -0.1) is 0 Å². The molecule has 7 nitrogen and oxygen atoms in total. The Balaban J connectivity index is 1.94. The first kappa shape index (κ1) is 21.5. The minimum atomic E-state index is 0.0407. The predicted octanol–water partition coefficient (Wildman–Crippen LogP) is 2.17. The highest BCUT2D eigenvalue weighted by Crippen LogP contribution is 2.06. The van der Waals surface area contributed by atoms with Crippen LogP contribution in [0.25, 0.3) is 0 Å². The number of pyridine rings is 1. The lowest BCUT2D eigenvalue weighted by Gasteiger charge is -2.08. The minimum absolute atomic E-state index is 0.0407. The Kier molecular flexibility index (Phi) is 12.7. The van der Waals surface area contributed by atoms with Crippen LogP contribution in [-0.4, -0.2) is 70.2 Å². The molecule has 0 fully saturated rings. The summed E-state index contributed by atoms with van der Waals surface area (Å²) in [5.41, 5.74) is 0.491. The molecule has 7 heteroatoms. The molecule has 0 amide bonds. The summed E-state index contributed by atoms with van der Waals surface area (Å²) in [5.74, 6) is 0.724. The fraction of sp³-hybridized carbons (Fsp3) is 0.667. The lowest BCUT2D eigenvalue weighted by molar-refractivity contribution is 0.000609. The van der Waals surface area contributed by atoms with Crippen molar-refractivity contribution in [1.82, 2.24) is 4.98 Å². The molecule has 0 saturated heterocycles. The minimum Gasteiger partial charge on any atom is -0.379 e. The summed E-state index contributed by atoms with van der Waals surface area (Å²) in [6.45, 7) is 9.06. The normalized spacial score (nSPS) is 10.8. The van der Waals surface area contributed by atoms with Crippen molar-refractivity contribution in [2.45, 2.75) is 20.3 Å². The zero-order valence-corrected chi connectivity index (χ0v) is 15.3. The highest BCUT2D eigenvalue weighted by molar-refractivity contribution is 5.94. The molecule has 1 N–H and O–H groups in total. The van der Waals surface area contributed by atoms with Gasteiger partial charge in [0.2, 0.25) is 0 Å². The number of Topliss-reactive ketones (excluding diaryl/α,β-unsaturated/α-hetero) is 1. The Hall–Kier alpha value is -1.54. The summed E-state index contributed by atoms with van der Waals surface area (Å²) in [6.07, 6.45) is 0.455. The van der Waals surface area contributed by atoms with E-state index in [4.69, 9.17) is 18.9 Å². The standard InChI is InChI=1S/C18H30N2O5/c1-3-17(21)16-6-5-7-18(20-16)19-8-9-23-12-13-25-15-14-24-11-10-22-4-2/h5-7H,3-4,8-15H2,1-2H3,(H,19,20). The molecule has 0 atom stereocenters. The van der Waals surface area contributed by atoms with Crippen molar-refractivity contribution in [3.8, 4) is 0 Å². The third-order valence-corrected chi connectivity index (χ3v) is 3.23. The maximum Gasteiger partial charge on any atom is 0.180 e. The molecule has 142 valence electrons. The number of hydrogen-bond acceptors (Lipinski definition) is 7. The summed E-state index contributed by atoms with van der Waals surface area (Å²) in [6, 6.07) is 5.38. The number of aromatic nitrogens is 1. The van der Waals surface area contributed by atoms with Gasteiger partial charge in [-0.25, -0.2) is 4.98 Å². The number of carbonyl (C=O) groups excluding carboxylic acids is 1. The van der Waals surface area contributed by atoms with E-state index in [1.54, 1.807) is 6.07 Å². The van der Waals surface area contributed by atoms with E-state index in [0.29, 0.717) is 77.3 Å². The van der Waals surface area contributed by atoms with Crippen LogP contribution in [0.2, 0.25) is 0 Å². The van der Waals surface area contributed by atoms with Gasteiger partial charge in [0.25, 0.3) is 0 Å². The highest BCUT2D eigenvalue weighted by atomic mass is 16.6. The molecule has 0 unspecified atom stereocenters. The molecule has 0 aliphatic rings. The fourth-order valence-corrected chi connectivity index (χ4v) is 1.92. The number of rotatable bonds is 16. The van der Waals surface area contributed by atoms with Gasteiger partial charge in [0.15, 0.2) is 5.78 Å². The average Bonchev–Trinajstić information content (AvgIpc) is 2.65. The summed E-state index contributed by atoms with van der Waals surface area (Å²) < 4.78 is 21.4. The second-order valence-corrected chi connectivity index (χ2v) is 5.15. The van der Waals surface area contributed by atoms with E-state index in [2.05, 4.69) is 10.3 Å². The summed E-state index contributed by atoms with van der Waals surface area (Å²) in [7, 11) is 0. The molecule has 25 heavy (non-hydrogen) atoms. The monoisotopic (exact) mass is 354 g/mol. The first-order chi connectivity index (χ1) is 12.3. The Morgan fingerprint density at radius 3 is 2.12 bits per heavy atom. The lowest BCUT2D eigenvalue weighted by Crippen LogP contribution is -2.15. The number of nitrogens with one attached hydrogen (secondary N) is 1. The number of hydrogen-bond donors (Lipinski definition) is 1. The summed E-state index contributed by atoms with van der Waals surface area (Å²) in [5, 5.41) is 3.14. The number of nitrogens with zero attached hydrogens (tertiary/aromatic N) is 1. The smallest absolute Gasteiger partial charge is 0.180 e. The summed E-state index contributed by atoms with van der Waals surface area (Å²) >= 11 is 0. The van der Waals surface area contributed by atoms with Crippen LogP contribution in [0.5, 0.6) is 0 Å². The first-order valence-corrected chi connectivity index (χ1v) is 8.83. The van der Waals surface area contributed by atoms with Crippen molar-refractivity contribution in [2.24, 2.45) is 0 Å². The lowest BCUT2D eigenvalue weighted by atomic mass is 10.2. The number of carbonyl (C=O) groups is 1. The van der Waals surface area contributed by atoms with Gasteiger partial charge in [-0.2, -0.15) is 0 Å². The van der Waals surface area contributed by atoms with Gasteiger partial charge in [-0.05, 0) is 19.1 Å². The second-order valence-electron chi connectivity index (χ2n) is 5.15. The van der Waals surface area contributed by atoms with Crippen LogP contribution in [0.1, 0.15) is 30.8 Å². The van der Waals surface area contributed by atoms with Crippen LogP contribution < -0.4 is 5.32 Å². The van der Waals surface area contributed by atoms with Crippen LogP contribution in [0.3, 0.4) is 0 Å². The van der Waals surface area contributed by atoms with Crippen molar-refractivity contribution < 1.29 is 23.7 Å². The van der Waals surface area contributed by atoms with E-state index < -0.39 is 0 Å². The van der Waals surface area contributed by atoms with Gasteiger partial charge in [-0.3, -0.25) is 4.79 Å². The van der Waals surface area contributed by atoms with E-state index in [-0.39, 0.29) is 5.78 Å². The van der Waals surface area contributed by atoms with Gasteiger partial charge in [-0.1, -0.05) is 13.0 Å². The molecule has 0 saturated carbocycles. The second kappa shape index (κ2) is 14.8. The van der Waals surface area contributed by atoms with E-state index in [9.17, 15) is 4.79 Å². The number of ketones is 1. The van der Waals surface area contributed by atoms with Gasteiger partial charge >= 0.3 is 0 Å². The van der Waals surface area contributed by atoms with Crippen LogP contribution in [-0.2, 0) is 18.9 Å². The third-order valence-electron chi connectivity index (χ3n) is 3.23. The van der Waals surface area contributed by atoms with E-state index in [0.717, 1.165) is 0 Å².